The van der Waals surface area contributed by atoms with Crippen LogP contribution in [0.3, 0.4) is 0 Å². The average molecular weight is 229 g/mol. The minimum absolute atomic E-state index is 0.131. The highest BCUT2D eigenvalue weighted by Crippen LogP contribution is 2.19. The Labute approximate surface area is 90.0 Å². The van der Waals surface area contributed by atoms with Gasteiger partial charge in [0.25, 0.3) is 0 Å². The lowest BCUT2D eigenvalue weighted by molar-refractivity contribution is -0.141. The normalized spacial score (nSPS) is 14.4. The SMILES string of the molecule is O=C(O)CC(O)C(O)c1c[nH]c(C(=O)O)c1. The summed E-state index contributed by atoms with van der Waals surface area (Å²) in [6.45, 7) is 0. The standard InChI is InChI=1S/C9H11NO6/c11-6(2-7(12)13)8(14)4-1-5(9(15)16)10-3-4/h1,3,6,8,10-11,14H,2H2,(H,12,13)(H,15,16). The zero-order chi connectivity index (χ0) is 12.3. The summed E-state index contributed by atoms with van der Waals surface area (Å²) in [6.07, 6.45) is -2.32. The lowest BCUT2D eigenvalue weighted by Gasteiger charge is -2.14. The molecule has 0 aliphatic carbocycles. The van der Waals surface area contributed by atoms with Gasteiger partial charge in [0.05, 0.1) is 12.5 Å². The Kier molecular flexibility index (Phi) is 3.64. The summed E-state index contributed by atoms with van der Waals surface area (Å²) in [5.74, 6) is -2.45. The van der Waals surface area contributed by atoms with Crippen LogP contribution in [0.15, 0.2) is 12.3 Å². The molecule has 0 aliphatic rings. The lowest BCUT2D eigenvalue weighted by Crippen LogP contribution is -2.21. The van der Waals surface area contributed by atoms with Crippen LogP contribution in [0.1, 0.15) is 28.6 Å². The van der Waals surface area contributed by atoms with Gasteiger partial charge in [-0.3, -0.25) is 4.79 Å². The Bertz CT molecular complexity index is 398. The molecule has 0 aromatic carbocycles. The van der Waals surface area contributed by atoms with Crippen molar-refractivity contribution in [3.63, 3.8) is 0 Å². The number of hydrogen-bond acceptors (Lipinski definition) is 4. The van der Waals surface area contributed by atoms with Crippen LogP contribution in [0, 0.1) is 0 Å². The van der Waals surface area contributed by atoms with Gasteiger partial charge in [0, 0.05) is 11.8 Å². The summed E-state index contributed by atoms with van der Waals surface area (Å²) >= 11 is 0. The van der Waals surface area contributed by atoms with Gasteiger partial charge in [0.1, 0.15) is 11.8 Å². The van der Waals surface area contributed by atoms with Crippen LogP contribution in [-0.4, -0.2) is 43.5 Å². The second-order valence-corrected chi connectivity index (χ2v) is 3.26. The van der Waals surface area contributed by atoms with E-state index in [1.54, 1.807) is 0 Å². The molecule has 2 unspecified atom stereocenters. The highest BCUT2D eigenvalue weighted by molar-refractivity contribution is 5.85. The van der Waals surface area contributed by atoms with Gasteiger partial charge in [-0.1, -0.05) is 0 Å². The van der Waals surface area contributed by atoms with E-state index < -0.39 is 30.6 Å². The van der Waals surface area contributed by atoms with Crippen molar-refractivity contribution in [3.05, 3.63) is 23.5 Å². The van der Waals surface area contributed by atoms with Crippen molar-refractivity contribution in [2.75, 3.05) is 0 Å². The van der Waals surface area contributed by atoms with Crippen molar-refractivity contribution in [1.29, 1.82) is 0 Å². The van der Waals surface area contributed by atoms with E-state index in [1.807, 2.05) is 0 Å². The third-order valence-electron chi connectivity index (χ3n) is 2.03. The molecule has 7 heteroatoms. The molecule has 1 heterocycles. The Morgan fingerprint density at radius 3 is 2.38 bits per heavy atom. The molecule has 5 N–H and O–H groups in total. The Hall–Kier alpha value is -1.86. The summed E-state index contributed by atoms with van der Waals surface area (Å²) in [5.41, 5.74) is -0.0114. The van der Waals surface area contributed by atoms with Crippen LogP contribution in [0.25, 0.3) is 0 Å². The maximum absolute atomic E-state index is 10.5. The molecular formula is C9H11NO6. The number of carbonyl (C=O) groups is 2. The van der Waals surface area contributed by atoms with Gasteiger partial charge >= 0.3 is 11.9 Å². The number of nitrogens with one attached hydrogen (secondary N) is 1. The number of H-pyrrole nitrogens is 1. The number of aliphatic hydroxyl groups excluding tert-OH is 2. The number of aliphatic carboxylic acids is 1. The summed E-state index contributed by atoms with van der Waals surface area (Å²) in [7, 11) is 0. The van der Waals surface area contributed by atoms with Crippen LogP contribution in [0.5, 0.6) is 0 Å². The number of aromatic nitrogens is 1. The fraction of sp³-hybridized carbons (Fsp3) is 0.333. The van der Waals surface area contributed by atoms with Crippen molar-refractivity contribution in [2.45, 2.75) is 18.6 Å². The third-order valence-corrected chi connectivity index (χ3v) is 2.03. The maximum Gasteiger partial charge on any atom is 0.352 e. The van der Waals surface area contributed by atoms with Crippen LogP contribution in [0.2, 0.25) is 0 Å². The molecule has 0 saturated heterocycles. The number of hydrogen-bond donors (Lipinski definition) is 5. The number of aliphatic hydroxyl groups is 2. The average Bonchev–Trinajstić information content (AvgIpc) is 2.64. The molecule has 16 heavy (non-hydrogen) atoms. The maximum atomic E-state index is 10.5. The fourth-order valence-corrected chi connectivity index (χ4v) is 1.22. The summed E-state index contributed by atoms with van der Waals surface area (Å²) in [5, 5.41) is 35.8. The minimum Gasteiger partial charge on any atom is -0.481 e. The molecular weight excluding hydrogens is 218 g/mol. The number of rotatable bonds is 5. The molecule has 0 saturated carbocycles. The number of aromatic amines is 1. The van der Waals surface area contributed by atoms with Crippen molar-refractivity contribution in [3.8, 4) is 0 Å². The van der Waals surface area contributed by atoms with Gasteiger partial charge in [-0.15, -0.1) is 0 Å². The molecule has 7 nitrogen and oxygen atoms in total. The minimum atomic E-state index is -1.48. The van der Waals surface area contributed by atoms with E-state index in [0.717, 1.165) is 6.07 Å². The quantitative estimate of drug-likeness (QED) is 0.466. The van der Waals surface area contributed by atoms with Crippen LogP contribution < -0.4 is 0 Å². The van der Waals surface area contributed by atoms with Gasteiger partial charge in [-0.25, -0.2) is 4.79 Å². The first-order valence-corrected chi connectivity index (χ1v) is 4.41. The number of carboxylic acids is 2. The second kappa shape index (κ2) is 4.77. The van der Waals surface area contributed by atoms with Crippen LogP contribution >= 0.6 is 0 Å². The molecule has 88 valence electrons. The van der Waals surface area contributed by atoms with Crippen molar-refractivity contribution >= 4 is 11.9 Å². The Balaban J connectivity index is 2.75. The first kappa shape index (κ1) is 12.2. The van der Waals surface area contributed by atoms with Gasteiger partial charge in [0.2, 0.25) is 0 Å². The molecule has 1 aromatic rings. The molecule has 0 amide bonds. The van der Waals surface area contributed by atoms with Gasteiger partial charge in [-0.05, 0) is 6.07 Å². The highest BCUT2D eigenvalue weighted by atomic mass is 16.4. The molecule has 0 bridgehead atoms. The van der Waals surface area contributed by atoms with Crippen LogP contribution in [-0.2, 0) is 4.79 Å². The van der Waals surface area contributed by atoms with Crippen molar-refractivity contribution in [2.24, 2.45) is 0 Å². The van der Waals surface area contributed by atoms with E-state index in [-0.39, 0.29) is 11.3 Å². The number of carboxylic acid groups (broad SMARTS) is 2. The lowest BCUT2D eigenvalue weighted by atomic mass is 10.1. The summed E-state index contributed by atoms with van der Waals surface area (Å²) in [4.78, 5) is 23.2. The smallest absolute Gasteiger partial charge is 0.352 e. The van der Waals surface area contributed by atoms with E-state index in [2.05, 4.69) is 4.98 Å². The summed E-state index contributed by atoms with van der Waals surface area (Å²) < 4.78 is 0. The van der Waals surface area contributed by atoms with E-state index in [0.29, 0.717) is 0 Å². The second-order valence-electron chi connectivity index (χ2n) is 3.26. The predicted molar refractivity (Wildman–Crippen MR) is 51.0 cm³/mol. The highest BCUT2D eigenvalue weighted by Gasteiger charge is 2.22. The van der Waals surface area contributed by atoms with Gasteiger partial charge < -0.3 is 25.4 Å². The zero-order valence-corrected chi connectivity index (χ0v) is 8.12. The van der Waals surface area contributed by atoms with E-state index in [9.17, 15) is 19.8 Å². The monoisotopic (exact) mass is 229 g/mol. The predicted octanol–water partition coefficient (Wildman–Crippen LogP) is -0.418. The van der Waals surface area contributed by atoms with Crippen molar-refractivity contribution in [1.82, 2.24) is 4.98 Å². The molecule has 0 aliphatic heterocycles. The molecule has 0 radical (unpaired) electrons. The topological polar surface area (TPSA) is 131 Å². The first-order chi connectivity index (χ1) is 7.41. The summed E-state index contributed by atoms with van der Waals surface area (Å²) in [6, 6.07) is 1.14. The van der Waals surface area contributed by atoms with E-state index >= 15 is 0 Å². The van der Waals surface area contributed by atoms with Crippen LogP contribution in [0.4, 0.5) is 0 Å². The van der Waals surface area contributed by atoms with E-state index in [1.165, 1.54) is 6.20 Å². The Morgan fingerprint density at radius 2 is 1.94 bits per heavy atom. The largest absolute Gasteiger partial charge is 0.481 e. The Morgan fingerprint density at radius 1 is 1.31 bits per heavy atom. The zero-order valence-electron chi connectivity index (χ0n) is 8.12. The molecule has 1 rings (SSSR count). The van der Waals surface area contributed by atoms with Gasteiger partial charge in [0.15, 0.2) is 0 Å². The molecule has 1 aromatic heterocycles. The number of aromatic carboxylic acids is 1. The van der Waals surface area contributed by atoms with Crippen molar-refractivity contribution < 1.29 is 30.0 Å². The molecule has 0 spiro atoms. The fourth-order valence-electron chi connectivity index (χ4n) is 1.22. The van der Waals surface area contributed by atoms with Gasteiger partial charge in [-0.2, -0.15) is 0 Å². The third kappa shape index (κ3) is 2.81. The van der Waals surface area contributed by atoms with E-state index in [4.69, 9.17) is 10.2 Å². The molecule has 2 atom stereocenters. The first-order valence-electron chi connectivity index (χ1n) is 4.41. The molecule has 0 fully saturated rings.